The molecular weight excluding hydrogens is 822 g/mol. The highest BCUT2D eigenvalue weighted by molar-refractivity contribution is 7.99. The molecule has 2 N–H and O–H groups in total. The maximum absolute atomic E-state index is 13.6. The van der Waals surface area contributed by atoms with Crippen LogP contribution in [-0.4, -0.2) is 96.4 Å². The van der Waals surface area contributed by atoms with E-state index in [9.17, 15) is 21.6 Å². The molecule has 5 aromatic rings. The predicted octanol–water partition coefficient (Wildman–Crippen LogP) is 7.91. The normalized spacial score (nSPS) is 15.9. The molecule has 59 heavy (non-hydrogen) atoms. The third-order valence-electron chi connectivity index (χ3n) is 10.9. The molecule has 2 saturated heterocycles. The number of sulfone groups is 1. The summed E-state index contributed by atoms with van der Waals surface area (Å²) < 4.78 is 55.5. The Kier molecular flexibility index (Phi) is 14.0. The van der Waals surface area contributed by atoms with Gasteiger partial charge in [-0.3, -0.25) is 9.69 Å². The Labute approximate surface area is 357 Å². The minimum atomic E-state index is -4.41. The number of nitrogens with one attached hydrogen (secondary N) is 2. The molecule has 0 spiro atoms. The fourth-order valence-electron chi connectivity index (χ4n) is 7.61. The smallest absolute Gasteiger partial charge is 0.264 e. The van der Waals surface area contributed by atoms with Gasteiger partial charge in [-0.2, -0.15) is 0 Å². The van der Waals surface area contributed by atoms with E-state index in [2.05, 4.69) is 49.0 Å². The number of halogens is 1. The molecule has 2 aliphatic rings. The van der Waals surface area contributed by atoms with Crippen LogP contribution in [0.25, 0.3) is 11.1 Å². The van der Waals surface area contributed by atoms with Gasteiger partial charge in [0.25, 0.3) is 15.9 Å². The van der Waals surface area contributed by atoms with Crippen molar-refractivity contribution in [2.75, 3.05) is 68.0 Å². The summed E-state index contributed by atoms with van der Waals surface area (Å²) in [6, 6.07) is 37.1. The van der Waals surface area contributed by atoms with Gasteiger partial charge in [0.15, 0.2) is 9.84 Å². The van der Waals surface area contributed by atoms with E-state index in [0.29, 0.717) is 16.5 Å². The van der Waals surface area contributed by atoms with Crippen molar-refractivity contribution in [2.45, 2.75) is 46.5 Å². The number of hydrogen-bond donors (Lipinski definition) is 2. The monoisotopic (exact) mass is 871 g/mol. The number of hydrogen-bond acceptors (Lipinski definition) is 10. The van der Waals surface area contributed by atoms with Crippen molar-refractivity contribution in [1.29, 1.82) is 0 Å². The largest absolute Gasteiger partial charge is 0.380 e. The van der Waals surface area contributed by atoms with Crippen LogP contribution >= 0.6 is 23.4 Å². The molecule has 10 nitrogen and oxygen atoms in total. The molecule has 14 heteroatoms. The number of amides is 1. The second kappa shape index (κ2) is 19.3. The highest BCUT2D eigenvalue weighted by atomic mass is 35.5. The molecule has 0 saturated carbocycles. The molecule has 2 aliphatic heterocycles. The van der Waals surface area contributed by atoms with E-state index in [1.54, 1.807) is 23.9 Å². The van der Waals surface area contributed by atoms with Crippen molar-refractivity contribution >= 4 is 60.5 Å². The van der Waals surface area contributed by atoms with Gasteiger partial charge in [0.05, 0.1) is 15.5 Å². The fraction of sp³-hybridized carbons (Fsp3) is 0.311. The molecule has 1 amide bonds. The molecule has 2 heterocycles. The highest BCUT2D eigenvalue weighted by Crippen LogP contribution is 2.30. The Morgan fingerprint density at radius 3 is 2.14 bits per heavy atom. The van der Waals surface area contributed by atoms with Crippen molar-refractivity contribution in [3.8, 4) is 11.1 Å². The zero-order valence-electron chi connectivity index (χ0n) is 33.1. The van der Waals surface area contributed by atoms with E-state index in [-0.39, 0.29) is 21.4 Å². The van der Waals surface area contributed by atoms with E-state index in [4.69, 9.17) is 11.6 Å². The molecule has 0 bridgehead atoms. The average Bonchev–Trinajstić information content (AvgIpc) is 3.77. The number of sulfonamides is 1. The molecule has 310 valence electrons. The van der Waals surface area contributed by atoms with E-state index >= 15 is 0 Å². The van der Waals surface area contributed by atoms with Gasteiger partial charge in [-0.05, 0) is 116 Å². The van der Waals surface area contributed by atoms with Crippen LogP contribution in [0.2, 0.25) is 5.02 Å². The number of likely N-dealkylation sites (tertiary alicyclic amines) is 1. The van der Waals surface area contributed by atoms with Gasteiger partial charge >= 0.3 is 0 Å². The summed E-state index contributed by atoms with van der Waals surface area (Å²) in [6.45, 7) is 7.09. The number of carbonyl (C=O) groups excluding carboxylic acids is 1. The Morgan fingerprint density at radius 1 is 0.763 bits per heavy atom. The lowest BCUT2D eigenvalue weighted by Gasteiger charge is -2.36. The predicted molar refractivity (Wildman–Crippen MR) is 240 cm³/mol. The number of rotatable bonds is 16. The van der Waals surface area contributed by atoms with Crippen LogP contribution in [0.3, 0.4) is 0 Å². The van der Waals surface area contributed by atoms with Crippen molar-refractivity contribution in [3.05, 3.63) is 137 Å². The van der Waals surface area contributed by atoms with Crippen LogP contribution in [0.15, 0.2) is 136 Å². The van der Waals surface area contributed by atoms with E-state index in [1.165, 1.54) is 36.1 Å². The second-order valence-corrected chi connectivity index (χ2v) is 20.3. The first kappa shape index (κ1) is 42.7. The summed E-state index contributed by atoms with van der Waals surface area (Å²) in [5.41, 5.74) is 5.01. The molecule has 0 radical (unpaired) electrons. The highest BCUT2D eigenvalue weighted by Gasteiger charge is 2.25. The summed E-state index contributed by atoms with van der Waals surface area (Å²) in [5, 5.41) is 4.14. The van der Waals surface area contributed by atoms with Crippen molar-refractivity contribution < 1.29 is 21.6 Å². The van der Waals surface area contributed by atoms with Gasteiger partial charge in [0.2, 0.25) is 0 Å². The molecular formula is C45H50ClN5O5S3. The van der Waals surface area contributed by atoms with Crippen LogP contribution in [0.4, 0.5) is 11.4 Å². The topological polar surface area (TPSA) is 119 Å². The molecule has 0 unspecified atom stereocenters. The van der Waals surface area contributed by atoms with Gasteiger partial charge in [0.1, 0.15) is 0 Å². The Bertz CT molecular complexity index is 2420. The van der Waals surface area contributed by atoms with Crippen LogP contribution in [0, 0.1) is 0 Å². The van der Waals surface area contributed by atoms with E-state index in [0.717, 1.165) is 87.2 Å². The van der Waals surface area contributed by atoms with Gasteiger partial charge in [0, 0.05) is 78.5 Å². The number of piperazine rings is 1. The standard InChI is InChI=1S/C45H50ClN5O5S3/c1-58(53,54)44-31-41(21-22-43(44)47-38(23-26-49-24-7-8-25-49)33-57-40-10-3-2-4-11-40)59(55,56)48-45(52)35-15-19-39(20-16-35)51-29-27-50(28-30-51)32-36-9-5-6-12-42(36)34-13-17-37(46)18-14-34/h2-6,9-22,31,38,47H,7-8,23-30,32-33H2,1H3,(H,48,52)/t38-/m1/s1. The quantitative estimate of drug-likeness (QED) is 0.0948. The van der Waals surface area contributed by atoms with Crippen molar-refractivity contribution in [3.63, 3.8) is 0 Å². The number of thioether (sulfide) groups is 1. The minimum Gasteiger partial charge on any atom is -0.380 e. The van der Waals surface area contributed by atoms with Crippen LogP contribution in [-0.2, 0) is 26.4 Å². The SMILES string of the molecule is CS(=O)(=O)c1cc(S(=O)(=O)NC(=O)c2ccc(N3CCN(Cc4ccccc4-c4ccc(Cl)cc4)CC3)cc2)ccc1N[C@H](CCN1CCCC1)CSc1ccccc1. The number of carbonyl (C=O) groups is 1. The summed E-state index contributed by atoms with van der Waals surface area (Å²) in [6.07, 6.45) is 4.20. The van der Waals surface area contributed by atoms with Crippen LogP contribution in [0.5, 0.6) is 0 Å². The minimum absolute atomic E-state index is 0.0847. The summed E-state index contributed by atoms with van der Waals surface area (Å²) in [4.78, 5) is 21.0. The number of anilines is 2. The third-order valence-corrected chi connectivity index (χ3v) is 14.8. The Balaban J connectivity index is 0.974. The summed E-state index contributed by atoms with van der Waals surface area (Å²) >= 11 is 7.81. The molecule has 2 fully saturated rings. The number of nitrogens with zero attached hydrogens (tertiary/aromatic N) is 3. The zero-order chi connectivity index (χ0) is 41.4. The second-order valence-electron chi connectivity index (χ2n) is 15.1. The molecule has 7 rings (SSSR count). The van der Waals surface area contributed by atoms with E-state index in [1.807, 2.05) is 66.7 Å². The maximum Gasteiger partial charge on any atom is 0.264 e. The lowest BCUT2D eigenvalue weighted by Crippen LogP contribution is -2.46. The van der Waals surface area contributed by atoms with Crippen molar-refractivity contribution in [1.82, 2.24) is 14.5 Å². The van der Waals surface area contributed by atoms with Crippen LogP contribution in [0.1, 0.15) is 35.2 Å². The Morgan fingerprint density at radius 2 is 1.44 bits per heavy atom. The van der Waals surface area contributed by atoms with Gasteiger partial charge in [-0.1, -0.05) is 66.2 Å². The fourth-order valence-corrected chi connectivity index (χ4v) is 10.7. The maximum atomic E-state index is 13.6. The molecule has 5 aromatic carbocycles. The molecule has 0 aliphatic carbocycles. The summed E-state index contributed by atoms with van der Waals surface area (Å²) in [5.74, 6) is -0.115. The zero-order valence-corrected chi connectivity index (χ0v) is 36.3. The molecule has 0 aromatic heterocycles. The van der Waals surface area contributed by atoms with Gasteiger partial charge < -0.3 is 15.1 Å². The first-order valence-electron chi connectivity index (χ1n) is 19.9. The van der Waals surface area contributed by atoms with Gasteiger partial charge in [-0.15, -0.1) is 11.8 Å². The third kappa shape index (κ3) is 11.5. The van der Waals surface area contributed by atoms with Crippen LogP contribution < -0.4 is 14.9 Å². The van der Waals surface area contributed by atoms with Gasteiger partial charge in [-0.25, -0.2) is 21.6 Å². The first-order valence-corrected chi connectivity index (χ1v) is 24.6. The lowest BCUT2D eigenvalue weighted by molar-refractivity contribution is 0.0981. The first-order chi connectivity index (χ1) is 28.4. The Hall–Kier alpha value is -4.37. The lowest BCUT2D eigenvalue weighted by atomic mass is 9.99. The number of benzene rings is 5. The molecule has 1 atom stereocenters. The van der Waals surface area contributed by atoms with E-state index < -0.39 is 25.8 Å². The summed E-state index contributed by atoms with van der Waals surface area (Å²) in [7, 11) is -8.27. The van der Waals surface area contributed by atoms with Crippen molar-refractivity contribution in [2.24, 2.45) is 0 Å². The average molecular weight is 873 g/mol.